The summed E-state index contributed by atoms with van der Waals surface area (Å²) < 4.78 is 19.8. The molecule has 0 N–H and O–H groups in total. The van der Waals surface area contributed by atoms with E-state index in [-0.39, 0.29) is 11.7 Å². The normalized spacial score (nSPS) is 18.4. The van der Waals surface area contributed by atoms with Crippen LogP contribution < -0.4 is 0 Å². The van der Waals surface area contributed by atoms with Gasteiger partial charge in [-0.25, -0.2) is 4.39 Å². The Kier molecular flexibility index (Phi) is 4.52. The van der Waals surface area contributed by atoms with Gasteiger partial charge in [0, 0.05) is 31.0 Å². The van der Waals surface area contributed by atoms with Crippen LogP contribution in [0.2, 0.25) is 0 Å². The summed E-state index contributed by atoms with van der Waals surface area (Å²) in [5.41, 5.74) is 1.55. The van der Waals surface area contributed by atoms with Crippen molar-refractivity contribution in [3.63, 3.8) is 0 Å². The van der Waals surface area contributed by atoms with Gasteiger partial charge in [-0.2, -0.15) is 0 Å². The van der Waals surface area contributed by atoms with E-state index >= 15 is 0 Å². The molecule has 0 unspecified atom stereocenters. The van der Waals surface area contributed by atoms with Gasteiger partial charge in [0.05, 0.1) is 11.5 Å². The van der Waals surface area contributed by atoms with E-state index in [0.717, 1.165) is 37.1 Å². The summed E-state index contributed by atoms with van der Waals surface area (Å²) in [6, 6.07) is 10.7. The van der Waals surface area contributed by atoms with Crippen molar-refractivity contribution in [2.75, 3.05) is 13.1 Å². The largest absolute Gasteiger partial charge is 0.420 e. The van der Waals surface area contributed by atoms with Crippen LogP contribution in [-0.2, 0) is 6.54 Å². The van der Waals surface area contributed by atoms with Crippen LogP contribution in [0.4, 0.5) is 4.39 Å². The molecule has 5 nitrogen and oxygen atoms in total. The van der Waals surface area contributed by atoms with Gasteiger partial charge < -0.3 is 4.42 Å². The number of rotatable bonds is 4. The van der Waals surface area contributed by atoms with Crippen molar-refractivity contribution in [2.24, 2.45) is 0 Å². The molecule has 0 amide bonds. The Bertz CT molecular complexity index is 836. The Hall–Kier alpha value is -2.60. The molecule has 1 fully saturated rings. The number of hydrogen-bond acceptors (Lipinski definition) is 5. The Balaban J connectivity index is 1.46. The summed E-state index contributed by atoms with van der Waals surface area (Å²) in [5.74, 6) is 1.17. The average molecular weight is 338 g/mol. The number of pyridine rings is 1. The minimum atomic E-state index is -0.152. The third-order valence-corrected chi connectivity index (χ3v) is 4.56. The van der Waals surface area contributed by atoms with Gasteiger partial charge in [0.2, 0.25) is 11.8 Å². The molecule has 25 heavy (non-hydrogen) atoms. The first-order valence-corrected chi connectivity index (χ1v) is 8.49. The molecule has 1 aromatic carbocycles. The van der Waals surface area contributed by atoms with Crippen LogP contribution >= 0.6 is 0 Å². The lowest BCUT2D eigenvalue weighted by Gasteiger charge is -2.31. The number of benzene rings is 1. The van der Waals surface area contributed by atoms with Crippen molar-refractivity contribution >= 4 is 0 Å². The SMILES string of the molecule is Fc1ccccc1CN1CCC[C@H](c2nnc(-c3cccnc3)o2)C1. The van der Waals surface area contributed by atoms with Crippen LogP contribution in [0.1, 0.15) is 30.2 Å². The fourth-order valence-electron chi connectivity index (χ4n) is 3.27. The number of hydrogen-bond donors (Lipinski definition) is 0. The van der Waals surface area contributed by atoms with Crippen LogP contribution in [0.5, 0.6) is 0 Å². The van der Waals surface area contributed by atoms with Crippen LogP contribution in [0.15, 0.2) is 53.2 Å². The van der Waals surface area contributed by atoms with Gasteiger partial charge in [0.15, 0.2) is 0 Å². The first-order valence-electron chi connectivity index (χ1n) is 8.49. The van der Waals surface area contributed by atoms with Gasteiger partial charge in [0.1, 0.15) is 5.82 Å². The highest BCUT2D eigenvalue weighted by Crippen LogP contribution is 2.29. The van der Waals surface area contributed by atoms with Gasteiger partial charge in [0.25, 0.3) is 0 Å². The summed E-state index contributed by atoms with van der Waals surface area (Å²) in [4.78, 5) is 6.33. The van der Waals surface area contributed by atoms with E-state index in [1.54, 1.807) is 18.5 Å². The Morgan fingerprint density at radius 3 is 2.92 bits per heavy atom. The zero-order chi connectivity index (χ0) is 17.1. The van der Waals surface area contributed by atoms with Crippen molar-refractivity contribution in [1.82, 2.24) is 20.1 Å². The van der Waals surface area contributed by atoms with Gasteiger partial charge in [-0.3, -0.25) is 9.88 Å². The molecule has 3 aromatic rings. The lowest BCUT2D eigenvalue weighted by Crippen LogP contribution is -2.34. The van der Waals surface area contributed by atoms with E-state index < -0.39 is 0 Å². The smallest absolute Gasteiger partial charge is 0.249 e. The quantitative estimate of drug-likeness (QED) is 0.727. The first-order chi connectivity index (χ1) is 12.3. The Labute approximate surface area is 145 Å². The highest BCUT2D eigenvalue weighted by Gasteiger charge is 2.26. The fraction of sp³-hybridized carbons (Fsp3) is 0.316. The maximum absolute atomic E-state index is 13.9. The second-order valence-electron chi connectivity index (χ2n) is 6.35. The van der Waals surface area contributed by atoms with Gasteiger partial charge in [-0.15, -0.1) is 10.2 Å². The third kappa shape index (κ3) is 3.58. The van der Waals surface area contributed by atoms with Crippen molar-refractivity contribution < 1.29 is 8.81 Å². The number of nitrogens with zero attached hydrogens (tertiary/aromatic N) is 4. The zero-order valence-electron chi connectivity index (χ0n) is 13.8. The van der Waals surface area contributed by atoms with Gasteiger partial charge >= 0.3 is 0 Å². The molecule has 1 atom stereocenters. The van der Waals surface area contributed by atoms with E-state index in [2.05, 4.69) is 20.1 Å². The molecule has 0 bridgehead atoms. The minimum Gasteiger partial charge on any atom is -0.420 e. The summed E-state index contributed by atoms with van der Waals surface area (Å²) in [5, 5.41) is 8.38. The summed E-state index contributed by atoms with van der Waals surface area (Å²) in [7, 11) is 0. The van der Waals surface area contributed by atoms with E-state index in [1.807, 2.05) is 24.3 Å². The average Bonchev–Trinajstić information content (AvgIpc) is 3.15. The number of aromatic nitrogens is 3. The zero-order valence-corrected chi connectivity index (χ0v) is 13.8. The number of halogens is 1. The standard InChI is InChI=1S/C19H19FN4O/c20-17-8-2-1-5-15(17)12-24-10-4-7-16(13-24)19-23-22-18(25-19)14-6-3-9-21-11-14/h1-3,5-6,8-9,11,16H,4,7,10,12-13H2/t16-/m0/s1. The Morgan fingerprint density at radius 2 is 2.08 bits per heavy atom. The molecule has 0 saturated carbocycles. The topological polar surface area (TPSA) is 55.1 Å². The molecular weight excluding hydrogens is 319 g/mol. The van der Waals surface area contributed by atoms with E-state index in [4.69, 9.17) is 4.42 Å². The summed E-state index contributed by atoms with van der Waals surface area (Å²) >= 11 is 0. The predicted octanol–water partition coefficient (Wildman–Crippen LogP) is 3.65. The van der Waals surface area contributed by atoms with Crippen LogP contribution in [0, 0.1) is 5.82 Å². The van der Waals surface area contributed by atoms with Crippen LogP contribution in [0.3, 0.4) is 0 Å². The molecule has 4 rings (SSSR count). The van der Waals surface area contributed by atoms with Crippen LogP contribution in [0.25, 0.3) is 11.5 Å². The van der Waals surface area contributed by atoms with Gasteiger partial charge in [-0.1, -0.05) is 18.2 Å². The maximum Gasteiger partial charge on any atom is 0.249 e. The Morgan fingerprint density at radius 1 is 1.16 bits per heavy atom. The second-order valence-corrected chi connectivity index (χ2v) is 6.35. The first kappa shape index (κ1) is 15.9. The molecule has 6 heteroatoms. The summed E-state index contributed by atoms with van der Waals surface area (Å²) in [6.07, 6.45) is 5.46. The summed E-state index contributed by atoms with van der Waals surface area (Å²) in [6.45, 7) is 2.35. The third-order valence-electron chi connectivity index (χ3n) is 4.56. The van der Waals surface area contributed by atoms with Crippen molar-refractivity contribution in [3.8, 4) is 11.5 Å². The predicted molar refractivity (Wildman–Crippen MR) is 91.2 cm³/mol. The van der Waals surface area contributed by atoms with E-state index in [1.165, 1.54) is 6.07 Å². The maximum atomic E-state index is 13.9. The lowest BCUT2D eigenvalue weighted by atomic mass is 9.97. The molecule has 1 saturated heterocycles. The minimum absolute atomic E-state index is 0.152. The van der Waals surface area contributed by atoms with Crippen molar-refractivity contribution in [1.29, 1.82) is 0 Å². The molecule has 1 aliphatic heterocycles. The van der Waals surface area contributed by atoms with E-state index in [9.17, 15) is 4.39 Å². The molecule has 2 aromatic heterocycles. The van der Waals surface area contributed by atoms with Gasteiger partial charge in [-0.05, 0) is 37.6 Å². The fourth-order valence-corrected chi connectivity index (χ4v) is 3.27. The molecule has 1 aliphatic rings. The monoisotopic (exact) mass is 338 g/mol. The highest BCUT2D eigenvalue weighted by atomic mass is 19.1. The van der Waals surface area contributed by atoms with E-state index in [0.29, 0.717) is 18.3 Å². The molecule has 3 heterocycles. The van der Waals surface area contributed by atoms with Crippen molar-refractivity contribution in [3.05, 3.63) is 66.1 Å². The molecule has 0 radical (unpaired) electrons. The van der Waals surface area contributed by atoms with Crippen LogP contribution in [-0.4, -0.2) is 33.2 Å². The molecular formula is C19H19FN4O. The molecule has 0 aliphatic carbocycles. The molecule has 0 spiro atoms. The number of piperidine rings is 1. The second kappa shape index (κ2) is 7.11. The molecule has 128 valence electrons. The number of likely N-dealkylation sites (tertiary alicyclic amines) is 1. The lowest BCUT2D eigenvalue weighted by molar-refractivity contribution is 0.184. The van der Waals surface area contributed by atoms with Crippen molar-refractivity contribution in [2.45, 2.75) is 25.3 Å². The highest BCUT2D eigenvalue weighted by molar-refractivity contribution is 5.50.